The number of ether oxygens (including phenoxy) is 3. The van der Waals surface area contributed by atoms with Crippen LogP contribution < -0.4 is 20.1 Å². The summed E-state index contributed by atoms with van der Waals surface area (Å²) < 4.78 is 16.0. The molecule has 3 amide bonds. The Morgan fingerprint density at radius 2 is 1.96 bits per heavy atom. The molecule has 142 valence electrons. The van der Waals surface area contributed by atoms with Crippen molar-refractivity contribution in [3.05, 3.63) is 35.0 Å². The fourth-order valence-electron chi connectivity index (χ4n) is 3.95. The summed E-state index contributed by atoms with van der Waals surface area (Å²) in [7, 11) is 4.64. The molecule has 3 aliphatic rings. The standard InChI is InChI=1S/C18H19N3O6/c1-21-15-14(16(22)20-18(21)24)12(13-10(19-15)7-27-17(13)23)9-6-8(25-2)4-5-11(9)26-3/h4-6,12,14-15,19H,7H2,1-3H3,(H,20,22,24). The van der Waals surface area contributed by atoms with Gasteiger partial charge in [-0.1, -0.05) is 0 Å². The Labute approximate surface area is 155 Å². The number of amides is 3. The average molecular weight is 373 g/mol. The molecule has 1 aromatic rings. The van der Waals surface area contributed by atoms with E-state index in [0.717, 1.165) is 0 Å². The van der Waals surface area contributed by atoms with Gasteiger partial charge >= 0.3 is 12.0 Å². The molecule has 2 N–H and O–H groups in total. The second-order valence-electron chi connectivity index (χ2n) is 6.57. The highest BCUT2D eigenvalue weighted by Gasteiger charge is 2.53. The maximum Gasteiger partial charge on any atom is 0.336 e. The number of carbonyl (C=O) groups is 3. The van der Waals surface area contributed by atoms with E-state index < -0.39 is 35.9 Å². The van der Waals surface area contributed by atoms with Gasteiger partial charge in [-0.3, -0.25) is 10.1 Å². The number of esters is 1. The van der Waals surface area contributed by atoms with Crippen LogP contribution in [-0.2, 0) is 14.3 Å². The molecule has 0 aromatic heterocycles. The molecule has 1 aromatic carbocycles. The minimum atomic E-state index is -0.738. The van der Waals surface area contributed by atoms with Gasteiger partial charge in [0.2, 0.25) is 5.91 Å². The number of imide groups is 1. The molecule has 1 fully saturated rings. The lowest BCUT2D eigenvalue weighted by Gasteiger charge is -2.45. The first-order chi connectivity index (χ1) is 13.0. The van der Waals surface area contributed by atoms with E-state index in [1.165, 1.54) is 19.1 Å². The first-order valence-corrected chi connectivity index (χ1v) is 8.42. The van der Waals surface area contributed by atoms with Crippen molar-refractivity contribution in [2.45, 2.75) is 12.1 Å². The first kappa shape index (κ1) is 17.2. The normalized spacial score (nSPS) is 26.7. The van der Waals surface area contributed by atoms with Gasteiger partial charge in [-0.25, -0.2) is 9.59 Å². The van der Waals surface area contributed by atoms with E-state index in [1.54, 1.807) is 25.2 Å². The number of methoxy groups -OCH3 is 2. The third kappa shape index (κ3) is 2.49. The van der Waals surface area contributed by atoms with Crippen molar-refractivity contribution in [1.29, 1.82) is 0 Å². The second-order valence-corrected chi connectivity index (χ2v) is 6.57. The third-order valence-electron chi connectivity index (χ3n) is 5.27. The minimum Gasteiger partial charge on any atom is -0.497 e. The van der Waals surface area contributed by atoms with E-state index in [-0.39, 0.29) is 6.61 Å². The van der Waals surface area contributed by atoms with Crippen LogP contribution in [0.4, 0.5) is 4.79 Å². The minimum absolute atomic E-state index is 0.0732. The topological polar surface area (TPSA) is 106 Å². The predicted octanol–water partition coefficient (Wildman–Crippen LogP) is 0.325. The van der Waals surface area contributed by atoms with Gasteiger partial charge in [0, 0.05) is 18.5 Å². The number of nitrogens with zero attached hydrogens (tertiary/aromatic N) is 1. The number of cyclic esters (lactones) is 1. The molecule has 3 heterocycles. The molecule has 3 aliphatic heterocycles. The molecule has 4 rings (SSSR count). The van der Waals surface area contributed by atoms with Gasteiger partial charge in [-0.05, 0) is 18.2 Å². The van der Waals surface area contributed by atoms with Crippen LogP contribution in [0.15, 0.2) is 29.5 Å². The number of benzene rings is 1. The quantitative estimate of drug-likeness (QED) is 0.735. The Bertz CT molecular complexity index is 880. The summed E-state index contributed by atoms with van der Waals surface area (Å²) in [6.07, 6.45) is -0.611. The van der Waals surface area contributed by atoms with Crippen LogP contribution in [0.1, 0.15) is 11.5 Å². The zero-order valence-corrected chi connectivity index (χ0v) is 15.1. The van der Waals surface area contributed by atoms with Gasteiger partial charge in [-0.15, -0.1) is 0 Å². The number of carbonyl (C=O) groups excluding carboxylic acids is 3. The van der Waals surface area contributed by atoms with Crippen molar-refractivity contribution in [3.63, 3.8) is 0 Å². The van der Waals surface area contributed by atoms with E-state index in [1.807, 2.05) is 0 Å². The number of hydrogen-bond acceptors (Lipinski definition) is 7. The van der Waals surface area contributed by atoms with Gasteiger partial charge < -0.3 is 24.4 Å². The van der Waals surface area contributed by atoms with E-state index in [9.17, 15) is 14.4 Å². The van der Waals surface area contributed by atoms with Gasteiger partial charge in [0.05, 0.1) is 31.4 Å². The van der Waals surface area contributed by atoms with Crippen LogP contribution in [-0.4, -0.2) is 56.8 Å². The van der Waals surface area contributed by atoms with Gasteiger partial charge in [0.1, 0.15) is 24.3 Å². The lowest BCUT2D eigenvalue weighted by molar-refractivity contribution is -0.136. The molecule has 0 saturated carbocycles. The summed E-state index contributed by atoms with van der Waals surface area (Å²) >= 11 is 0. The molecule has 9 nitrogen and oxygen atoms in total. The van der Waals surface area contributed by atoms with Crippen molar-refractivity contribution >= 4 is 17.9 Å². The Balaban J connectivity index is 1.93. The largest absolute Gasteiger partial charge is 0.497 e. The Morgan fingerprint density at radius 3 is 2.67 bits per heavy atom. The van der Waals surface area contributed by atoms with Crippen LogP contribution in [0.5, 0.6) is 11.5 Å². The SMILES string of the molecule is COc1ccc(OC)c(C2C3=C(COC3=O)NC3C2C(=O)NC(=O)N3C)c1. The van der Waals surface area contributed by atoms with Gasteiger partial charge in [0.15, 0.2) is 0 Å². The van der Waals surface area contributed by atoms with Gasteiger partial charge in [-0.2, -0.15) is 0 Å². The van der Waals surface area contributed by atoms with Gasteiger partial charge in [0.25, 0.3) is 0 Å². The highest BCUT2D eigenvalue weighted by atomic mass is 16.5. The van der Waals surface area contributed by atoms with E-state index in [0.29, 0.717) is 28.3 Å². The van der Waals surface area contributed by atoms with Crippen molar-refractivity contribution in [2.75, 3.05) is 27.9 Å². The fraction of sp³-hybridized carbons (Fsp3) is 0.389. The molecule has 0 bridgehead atoms. The molecule has 3 unspecified atom stereocenters. The zero-order chi connectivity index (χ0) is 19.3. The molecular weight excluding hydrogens is 354 g/mol. The predicted molar refractivity (Wildman–Crippen MR) is 92.0 cm³/mol. The lowest BCUT2D eigenvalue weighted by Crippen LogP contribution is -2.66. The van der Waals surface area contributed by atoms with E-state index >= 15 is 0 Å². The molecular formula is C18H19N3O6. The fourth-order valence-corrected chi connectivity index (χ4v) is 3.95. The van der Waals surface area contributed by atoms with Crippen molar-refractivity contribution in [2.24, 2.45) is 5.92 Å². The molecule has 1 saturated heterocycles. The molecule has 0 aliphatic carbocycles. The highest BCUT2D eigenvalue weighted by molar-refractivity contribution is 6.02. The lowest BCUT2D eigenvalue weighted by atomic mass is 9.74. The Hall–Kier alpha value is -3.23. The molecule has 0 radical (unpaired) electrons. The number of nitrogens with one attached hydrogen (secondary N) is 2. The number of fused-ring (bicyclic) bond motifs is 1. The molecule has 9 heteroatoms. The maximum atomic E-state index is 12.8. The summed E-state index contributed by atoms with van der Waals surface area (Å²) in [6.45, 7) is 0.0732. The van der Waals surface area contributed by atoms with Crippen molar-refractivity contribution in [1.82, 2.24) is 15.5 Å². The summed E-state index contributed by atoms with van der Waals surface area (Å²) in [5.41, 5.74) is 1.57. The van der Waals surface area contributed by atoms with Crippen LogP contribution in [0, 0.1) is 5.92 Å². The maximum absolute atomic E-state index is 12.8. The number of hydrogen-bond donors (Lipinski definition) is 2. The number of rotatable bonds is 3. The number of urea groups is 1. The highest BCUT2D eigenvalue weighted by Crippen LogP contribution is 2.47. The van der Waals surface area contributed by atoms with Crippen LogP contribution in [0.2, 0.25) is 0 Å². The first-order valence-electron chi connectivity index (χ1n) is 8.42. The van der Waals surface area contributed by atoms with Crippen LogP contribution in [0.3, 0.4) is 0 Å². The van der Waals surface area contributed by atoms with E-state index in [4.69, 9.17) is 14.2 Å². The summed E-state index contributed by atoms with van der Waals surface area (Å²) in [6, 6.07) is 4.70. The van der Waals surface area contributed by atoms with Crippen molar-refractivity contribution in [3.8, 4) is 11.5 Å². The molecule has 3 atom stereocenters. The monoisotopic (exact) mass is 373 g/mol. The van der Waals surface area contributed by atoms with Crippen LogP contribution >= 0.6 is 0 Å². The molecule has 27 heavy (non-hydrogen) atoms. The zero-order valence-electron chi connectivity index (χ0n) is 15.1. The molecule has 0 spiro atoms. The Morgan fingerprint density at radius 1 is 1.19 bits per heavy atom. The van der Waals surface area contributed by atoms with Crippen molar-refractivity contribution < 1.29 is 28.6 Å². The third-order valence-corrected chi connectivity index (χ3v) is 5.27. The van der Waals surface area contributed by atoms with Crippen LogP contribution in [0.25, 0.3) is 0 Å². The second kappa shape index (κ2) is 6.19. The summed E-state index contributed by atoms with van der Waals surface area (Å²) in [5.74, 6) is -1.26. The average Bonchev–Trinajstić information content (AvgIpc) is 3.05. The van der Waals surface area contributed by atoms with E-state index in [2.05, 4.69) is 10.6 Å². The Kier molecular flexibility index (Phi) is 3.94. The summed E-state index contributed by atoms with van der Waals surface area (Å²) in [4.78, 5) is 38.7. The smallest absolute Gasteiger partial charge is 0.336 e. The summed E-state index contributed by atoms with van der Waals surface area (Å²) in [5, 5.41) is 5.48.